The number of aliphatic hydroxyl groups is 1. The Balaban J connectivity index is 2.85. The van der Waals surface area contributed by atoms with Crippen molar-refractivity contribution in [2.45, 2.75) is 46.1 Å². The highest BCUT2D eigenvalue weighted by atomic mass is 16.3. The second-order valence-corrected chi connectivity index (χ2v) is 4.51. The summed E-state index contributed by atoms with van der Waals surface area (Å²) in [6.45, 7) is 5.44. The van der Waals surface area contributed by atoms with Gasteiger partial charge in [-0.2, -0.15) is 0 Å². The molecule has 0 atom stereocenters. The van der Waals surface area contributed by atoms with E-state index in [0.717, 1.165) is 36.5 Å². The summed E-state index contributed by atoms with van der Waals surface area (Å²) in [5.74, 6) is 0.980. The molecule has 3 nitrogen and oxygen atoms in total. The molecule has 0 aliphatic carbocycles. The molecule has 0 spiro atoms. The molecule has 0 radical (unpaired) electrons. The maximum Gasteiger partial charge on any atom is 0.128 e. The molecule has 3 heteroatoms. The molecule has 96 valence electrons. The van der Waals surface area contributed by atoms with Crippen molar-refractivity contribution < 1.29 is 5.11 Å². The van der Waals surface area contributed by atoms with Gasteiger partial charge < -0.3 is 10.0 Å². The lowest BCUT2D eigenvalue weighted by atomic mass is 10.1. The van der Waals surface area contributed by atoms with Crippen molar-refractivity contribution in [2.24, 2.45) is 0 Å². The Bertz CT molecular complexity index is 339. The molecule has 1 aromatic heterocycles. The van der Waals surface area contributed by atoms with E-state index in [2.05, 4.69) is 30.8 Å². The summed E-state index contributed by atoms with van der Waals surface area (Å²) < 4.78 is 0. The molecular weight excluding hydrogens is 212 g/mol. The van der Waals surface area contributed by atoms with E-state index in [1.165, 1.54) is 12.8 Å². The van der Waals surface area contributed by atoms with Gasteiger partial charge in [0.15, 0.2) is 0 Å². The first-order valence-corrected chi connectivity index (χ1v) is 6.53. The van der Waals surface area contributed by atoms with Gasteiger partial charge in [-0.15, -0.1) is 0 Å². The molecule has 0 aliphatic heterocycles. The Morgan fingerprint density at radius 1 is 1.24 bits per heavy atom. The van der Waals surface area contributed by atoms with E-state index in [0.29, 0.717) is 0 Å². The number of anilines is 1. The van der Waals surface area contributed by atoms with Crippen molar-refractivity contribution >= 4 is 5.82 Å². The Kier molecular flexibility index (Phi) is 5.98. The minimum absolute atomic E-state index is 0.0911. The topological polar surface area (TPSA) is 36.4 Å². The average molecular weight is 236 g/mol. The van der Waals surface area contributed by atoms with E-state index < -0.39 is 0 Å². The van der Waals surface area contributed by atoms with E-state index in [1.807, 2.05) is 12.1 Å². The van der Waals surface area contributed by atoms with Gasteiger partial charge in [0, 0.05) is 19.3 Å². The number of pyridine rings is 1. The van der Waals surface area contributed by atoms with Crippen LogP contribution >= 0.6 is 0 Å². The minimum Gasteiger partial charge on any atom is -0.392 e. The van der Waals surface area contributed by atoms with E-state index in [4.69, 9.17) is 0 Å². The molecule has 0 bridgehead atoms. The fourth-order valence-corrected chi connectivity index (χ4v) is 1.81. The fraction of sp³-hybridized carbons (Fsp3) is 0.643. The van der Waals surface area contributed by atoms with Crippen molar-refractivity contribution in [3.8, 4) is 0 Å². The highest BCUT2D eigenvalue weighted by molar-refractivity contribution is 5.41. The molecule has 1 heterocycles. The first-order chi connectivity index (χ1) is 8.21. The lowest BCUT2D eigenvalue weighted by Crippen LogP contribution is -2.20. The molecule has 17 heavy (non-hydrogen) atoms. The molecule has 1 rings (SSSR count). The quantitative estimate of drug-likeness (QED) is 0.791. The van der Waals surface area contributed by atoms with Crippen LogP contribution in [0.2, 0.25) is 0 Å². The van der Waals surface area contributed by atoms with E-state index in [1.54, 1.807) is 0 Å². The van der Waals surface area contributed by atoms with Crippen molar-refractivity contribution in [1.29, 1.82) is 0 Å². The fourth-order valence-electron chi connectivity index (χ4n) is 1.81. The van der Waals surface area contributed by atoms with Crippen LogP contribution in [0.1, 0.15) is 44.4 Å². The predicted molar refractivity (Wildman–Crippen MR) is 72.3 cm³/mol. The number of aromatic nitrogens is 1. The summed E-state index contributed by atoms with van der Waals surface area (Å²) in [6, 6.07) is 3.98. The van der Waals surface area contributed by atoms with Crippen LogP contribution in [-0.4, -0.2) is 23.7 Å². The van der Waals surface area contributed by atoms with Gasteiger partial charge in [-0.25, -0.2) is 4.98 Å². The Morgan fingerprint density at radius 2 is 2.00 bits per heavy atom. The van der Waals surface area contributed by atoms with Crippen LogP contribution in [0.15, 0.2) is 12.1 Å². The van der Waals surface area contributed by atoms with Gasteiger partial charge in [-0.3, -0.25) is 0 Å². The molecule has 0 aromatic carbocycles. The van der Waals surface area contributed by atoms with Crippen LogP contribution in [0.5, 0.6) is 0 Å². The molecule has 0 aliphatic rings. The van der Waals surface area contributed by atoms with Crippen LogP contribution in [0.25, 0.3) is 0 Å². The number of nitrogens with zero attached hydrogens (tertiary/aromatic N) is 2. The zero-order chi connectivity index (χ0) is 12.7. The Labute approximate surface area is 104 Å². The number of aryl methyl sites for hydroxylation is 1. The summed E-state index contributed by atoms with van der Waals surface area (Å²) in [5, 5.41) is 9.27. The first kappa shape index (κ1) is 14.0. The SMILES string of the molecule is CCCCN(C)c1cc(CO)cc(CCC)n1. The number of hydrogen-bond donors (Lipinski definition) is 1. The summed E-state index contributed by atoms with van der Waals surface area (Å²) in [5.41, 5.74) is 2.04. The highest BCUT2D eigenvalue weighted by Crippen LogP contribution is 2.16. The van der Waals surface area contributed by atoms with E-state index in [9.17, 15) is 5.11 Å². The van der Waals surface area contributed by atoms with Gasteiger partial charge in [0.2, 0.25) is 0 Å². The number of aliphatic hydroxyl groups excluding tert-OH is 1. The van der Waals surface area contributed by atoms with Gasteiger partial charge in [-0.05, 0) is 30.5 Å². The van der Waals surface area contributed by atoms with Gasteiger partial charge >= 0.3 is 0 Å². The molecule has 0 amide bonds. The Hall–Kier alpha value is -1.09. The van der Waals surface area contributed by atoms with Crippen molar-refractivity contribution in [3.05, 3.63) is 23.4 Å². The van der Waals surface area contributed by atoms with E-state index >= 15 is 0 Å². The molecule has 0 unspecified atom stereocenters. The predicted octanol–water partition coefficient (Wildman–Crippen LogP) is 2.76. The average Bonchev–Trinajstić information content (AvgIpc) is 2.35. The lowest BCUT2D eigenvalue weighted by Gasteiger charge is -2.19. The largest absolute Gasteiger partial charge is 0.392 e. The number of rotatable bonds is 7. The van der Waals surface area contributed by atoms with Crippen molar-refractivity contribution in [1.82, 2.24) is 4.98 Å². The maximum atomic E-state index is 9.27. The smallest absolute Gasteiger partial charge is 0.128 e. The second kappa shape index (κ2) is 7.28. The van der Waals surface area contributed by atoms with Crippen molar-refractivity contribution in [3.63, 3.8) is 0 Å². The summed E-state index contributed by atoms with van der Waals surface area (Å²) in [7, 11) is 2.06. The third-order valence-electron chi connectivity index (χ3n) is 2.85. The standard InChI is InChI=1S/C14H24N2O/c1-4-6-8-16(3)14-10-12(11-17)9-13(15-14)7-5-2/h9-10,17H,4-8,11H2,1-3H3. The first-order valence-electron chi connectivity index (χ1n) is 6.53. The molecule has 1 aromatic rings. The van der Waals surface area contributed by atoms with Crippen LogP contribution in [0.4, 0.5) is 5.82 Å². The monoisotopic (exact) mass is 236 g/mol. The molecule has 1 N–H and O–H groups in total. The van der Waals surface area contributed by atoms with Crippen LogP contribution in [0, 0.1) is 0 Å². The number of unbranched alkanes of at least 4 members (excludes halogenated alkanes) is 1. The Morgan fingerprint density at radius 3 is 2.59 bits per heavy atom. The molecule has 0 fully saturated rings. The third kappa shape index (κ3) is 4.35. The zero-order valence-electron chi connectivity index (χ0n) is 11.2. The molecule has 0 saturated heterocycles. The normalized spacial score (nSPS) is 10.6. The van der Waals surface area contributed by atoms with Crippen molar-refractivity contribution in [2.75, 3.05) is 18.5 Å². The van der Waals surface area contributed by atoms with Crippen LogP contribution in [-0.2, 0) is 13.0 Å². The maximum absolute atomic E-state index is 9.27. The summed E-state index contributed by atoms with van der Waals surface area (Å²) in [6.07, 6.45) is 4.42. The van der Waals surface area contributed by atoms with Crippen LogP contribution < -0.4 is 4.90 Å². The van der Waals surface area contributed by atoms with Crippen LogP contribution in [0.3, 0.4) is 0 Å². The minimum atomic E-state index is 0.0911. The third-order valence-corrected chi connectivity index (χ3v) is 2.85. The second-order valence-electron chi connectivity index (χ2n) is 4.51. The summed E-state index contributed by atoms with van der Waals surface area (Å²) >= 11 is 0. The lowest BCUT2D eigenvalue weighted by molar-refractivity contribution is 0.281. The number of hydrogen-bond acceptors (Lipinski definition) is 3. The zero-order valence-corrected chi connectivity index (χ0v) is 11.2. The molecule has 0 saturated carbocycles. The summed E-state index contributed by atoms with van der Waals surface area (Å²) in [4.78, 5) is 6.81. The van der Waals surface area contributed by atoms with E-state index in [-0.39, 0.29) is 6.61 Å². The highest BCUT2D eigenvalue weighted by Gasteiger charge is 2.06. The van der Waals surface area contributed by atoms with Gasteiger partial charge in [0.05, 0.1) is 6.61 Å². The molecular formula is C14H24N2O. The van der Waals surface area contributed by atoms with Gasteiger partial charge in [-0.1, -0.05) is 26.7 Å². The van der Waals surface area contributed by atoms with Gasteiger partial charge in [0.1, 0.15) is 5.82 Å². The van der Waals surface area contributed by atoms with Gasteiger partial charge in [0.25, 0.3) is 0 Å².